The first-order chi connectivity index (χ1) is 12.7. The standard InChI is InChI=1S/C19H20Cl2N2O3S/c1-13(19(24)22-10-9-14-5-3-4-6-15(14)12-22)23(27(2,25)26)16-7-8-17(20)18(21)11-16/h3-8,11,13H,9-10,12H2,1-2H3. The SMILES string of the molecule is CC(C(=O)N1CCc2ccccc2C1)N(c1ccc(Cl)c(Cl)c1)S(C)(=O)=O. The molecule has 0 N–H and O–H groups in total. The fourth-order valence-corrected chi connectivity index (χ4v) is 4.83. The number of nitrogens with zero attached hydrogens (tertiary/aromatic N) is 2. The Morgan fingerprint density at radius 2 is 1.78 bits per heavy atom. The molecule has 3 rings (SSSR count). The summed E-state index contributed by atoms with van der Waals surface area (Å²) in [6.07, 6.45) is 1.82. The molecule has 1 aliphatic rings. The molecule has 0 aliphatic carbocycles. The smallest absolute Gasteiger partial charge is 0.246 e. The van der Waals surface area contributed by atoms with Crippen molar-refractivity contribution < 1.29 is 13.2 Å². The normalized spacial score (nSPS) is 15.2. The average molecular weight is 427 g/mol. The predicted molar refractivity (Wildman–Crippen MR) is 109 cm³/mol. The molecule has 1 aliphatic heterocycles. The van der Waals surface area contributed by atoms with Crippen LogP contribution < -0.4 is 4.31 Å². The predicted octanol–water partition coefficient (Wildman–Crippen LogP) is 3.73. The Bertz CT molecular complexity index is 979. The second-order valence-electron chi connectivity index (χ2n) is 6.61. The third-order valence-electron chi connectivity index (χ3n) is 4.67. The molecule has 0 radical (unpaired) electrons. The van der Waals surface area contributed by atoms with E-state index < -0.39 is 16.1 Å². The summed E-state index contributed by atoms with van der Waals surface area (Å²) in [5.41, 5.74) is 2.62. The molecule has 0 aromatic heterocycles. The van der Waals surface area contributed by atoms with Gasteiger partial charge in [-0.1, -0.05) is 47.5 Å². The summed E-state index contributed by atoms with van der Waals surface area (Å²) in [4.78, 5) is 14.8. The topological polar surface area (TPSA) is 57.7 Å². The van der Waals surface area contributed by atoms with Gasteiger partial charge in [0.25, 0.3) is 0 Å². The van der Waals surface area contributed by atoms with Crippen molar-refractivity contribution in [2.75, 3.05) is 17.1 Å². The van der Waals surface area contributed by atoms with E-state index in [2.05, 4.69) is 6.07 Å². The number of carbonyl (C=O) groups excluding carboxylic acids is 1. The summed E-state index contributed by atoms with van der Waals surface area (Å²) in [6, 6.07) is 11.6. The van der Waals surface area contributed by atoms with Gasteiger partial charge in [-0.15, -0.1) is 0 Å². The fourth-order valence-electron chi connectivity index (χ4n) is 3.37. The molecular weight excluding hydrogens is 407 g/mol. The van der Waals surface area contributed by atoms with Gasteiger partial charge in [0.15, 0.2) is 0 Å². The van der Waals surface area contributed by atoms with Gasteiger partial charge in [0.05, 0.1) is 22.0 Å². The van der Waals surface area contributed by atoms with Crippen LogP contribution in [0.1, 0.15) is 18.1 Å². The summed E-state index contributed by atoms with van der Waals surface area (Å²) in [7, 11) is -3.71. The number of sulfonamides is 1. The zero-order valence-corrected chi connectivity index (χ0v) is 17.4. The van der Waals surface area contributed by atoms with Crippen LogP contribution in [-0.4, -0.2) is 38.1 Å². The Balaban J connectivity index is 1.89. The van der Waals surface area contributed by atoms with Gasteiger partial charge < -0.3 is 4.90 Å². The van der Waals surface area contributed by atoms with Crippen molar-refractivity contribution >= 4 is 44.8 Å². The van der Waals surface area contributed by atoms with Crippen molar-refractivity contribution in [2.24, 2.45) is 0 Å². The minimum Gasteiger partial charge on any atom is -0.336 e. The monoisotopic (exact) mass is 426 g/mol. The van der Waals surface area contributed by atoms with Crippen molar-refractivity contribution in [3.05, 3.63) is 63.6 Å². The largest absolute Gasteiger partial charge is 0.336 e. The van der Waals surface area contributed by atoms with Gasteiger partial charge in [0.2, 0.25) is 15.9 Å². The van der Waals surface area contributed by atoms with Crippen LogP contribution in [0, 0.1) is 0 Å². The Morgan fingerprint density at radius 3 is 2.41 bits per heavy atom. The maximum atomic E-state index is 13.1. The van der Waals surface area contributed by atoms with Crippen molar-refractivity contribution in [3.63, 3.8) is 0 Å². The summed E-state index contributed by atoms with van der Waals surface area (Å²) in [5, 5.41) is 0.551. The van der Waals surface area contributed by atoms with E-state index in [-0.39, 0.29) is 10.9 Å². The van der Waals surface area contributed by atoms with Crippen molar-refractivity contribution in [1.29, 1.82) is 0 Å². The van der Waals surface area contributed by atoms with E-state index in [4.69, 9.17) is 23.2 Å². The summed E-state index contributed by atoms with van der Waals surface area (Å²) in [6.45, 7) is 2.61. The molecule has 8 heteroatoms. The highest BCUT2D eigenvalue weighted by Crippen LogP contribution is 2.30. The molecular formula is C19H20Cl2N2O3S. The van der Waals surface area contributed by atoms with Crippen LogP contribution in [0.2, 0.25) is 10.0 Å². The van der Waals surface area contributed by atoms with Crippen molar-refractivity contribution in [1.82, 2.24) is 4.90 Å². The molecule has 0 spiro atoms. The molecule has 0 saturated carbocycles. The maximum Gasteiger partial charge on any atom is 0.246 e. The van der Waals surface area contributed by atoms with Gasteiger partial charge in [-0.3, -0.25) is 9.10 Å². The first-order valence-electron chi connectivity index (χ1n) is 8.48. The van der Waals surface area contributed by atoms with Crippen LogP contribution in [0.25, 0.3) is 0 Å². The lowest BCUT2D eigenvalue weighted by Gasteiger charge is -2.35. The van der Waals surface area contributed by atoms with Crippen LogP contribution in [0.5, 0.6) is 0 Å². The maximum absolute atomic E-state index is 13.1. The molecule has 27 heavy (non-hydrogen) atoms. The highest BCUT2D eigenvalue weighted by molar-refractivity contribution is 7.92. The van der Waals surface area contributed by atoms with E-state index in [1.54, 1.807) is 17.9 Å². The third-order valence-corrected chi connectivity index (χ3v) is 6.65. The highest BCUT2D eigenvalue weighted by atomic mass is 35.5. The number of hydrogen-bond donors (Lipinski definition) is 0. The number of anilines is 1. The van der Waals surface area contributed by atoms with E-state index in [1.807, 2.05) is 18.2 Å². The lowest BCUT2D eigenvalue weighted by atomic mass is 9.99. The third kappa shape index (κ3) is 4.23. The van der Waals surface area contributed by atoms with Crippen LogP contribution in [-0.2, 0) is 27.8 Å². The van der Waals surface area contributed by atoms with E-state index in [9.17, 15) is 13.2 Å². The first kappa shape index (κ1) is 20.0. The van der Waals surface area contributed by atoms with Gasteiger partial charge >= 0.3 is 0 Å². The van der Waals surface area contributed by atoms with Crippen LogP contribution in [0.3, 0.4) is 0 Å². The van der Waals surface area contributed by atoms with Gasteiger partial charge in [-0.25, -0.2) is 8.42 Å². The lowest BCUT2D eigenvalue weighted by molar-refractivity contribution is -0.132. The Hall–Kier alpha value is -1.76. The second kappa shape index (κ2) is 7.70. The Kier molecular flexibility index (Phi) is 5.70. The molecule has 2 aromatic rings. The Morgan fingerprint density at radius 1 is 1.11 bits per heavy atom. The quantitative estimate of drug-likeness (QED) is 0.747. The number of carbonyl (C=O) groups is 1. The molecule has 0 bridgehead atoms. The number of halogens is 2. The van der Waals surface area contributed by atoms with Crippen molar-refractivity contribution in [3.8, 4) is 0 Å². The van der Waals surface area contributed by atoms with E-state index in [0.29, 0.717) is 23.8 Å². The minimum absolute atomic E-state index is 0.231. The molecule has 5 nitrogen and oxygen atoms in total. The molecule has 144 valence electrons. The lowest BCUT2D eigenvalue weighted by Crippen LogP contribution is -2.50. The summed E-state index contributed by atoms with van der Waals surface area (Å²) >= 11 is 12.0. The molecule has 1 amide bonds. The van der Waals surface area contributed by atoms with Gasteiger partial charge in [0.1, 0.15) is 6.04 Å². The number of fused-ring (bicyclic) bond motifs is 1. The van der Waals surface area contributed by atoms with Crippen molar-refractivity contribution in [2.45, 2.75) is 25.9 Å². The minimum atomic E-state index is -3.71. The van der Waals surface area contributed by atoms with E-state index >= 15 is 0 Å². The second-order valence-corrected chi connectivity index (χ2v) is 9.29. The van der Waals surface area contributed by atoms with Gasteiger partial charge in [-0.2, -0.15) is 0 Å². The number of benzene rings is 2. The number of hydrogen-bond acceptors (Lipinski definition) is 3. The molecule has 0 fully saturated rings. The summed E-state index contributed by atoms with van der Waals surface area (Å²) in [5.74, 6) is -0.249. The first-order valence-corrected chi connectivity index (χ1v) is 11.1. The van der Waals surface area contributed by atoms with E-state index in [1.165, 1.54) is 17.7 Å². The molecule has 1 heterocycles. The molecule has 2 aromatic carbocycles. The zero-order valence-electron chi connectivity index (χ0n) is 15.0. The number of amides is 1. The average Bonchev–Trinajstić information content (AvgIpc) is 2.62. The zero-order chi connectivity index (χ0) is 19.8. The molecule has 0 saturated heterocycles. The van der Waals surface area contributed by atoms with Crippen LogP contribution in [0.15, 0.2) is 42.5 Å². The van der Waals surface area contributed by atoms with E-state index in [0.717, 1.165) is 22.5 Å². The molecule has 1 unspecified atom stereocenters. The summed E-state index contributed by atoms with van der Waals surface area (Å²) < 4.78 is 26.0. The highest BCUT2D eigenvalue weighted by Gasteiger charge is 2.33. The molecule has 1 atom stereocenters. The fraction of sp³-hybridized carbons (Fsp3) is 0.316. The van der Waals surface area contributed by atoms with Gasteiger partial charge in [0, 0.05) is 13.1 Å². The van der Waals surface area contributed by atoms with Crippen LogP contribution >= 0.6 is 23.2 Å². The number of rotatable bonds is 4. The van der Waals surface area contributed by atoms with Crippen LogP contribution in [0.4, 0.5) is 5.69 Å². The Labute approximate surface area is 169 Å². The van der Waals surface area contributed by atoms with Gasteiger partial charge in [-0.05, 0) is 42.7 Å².